The molecular formula is C14H14BrClOS. The first-order valence-electron chi connectivity index (χ1n) is 6.15. The molecule has 1 nitrogen and oxygen atoms in total. The van der Waals surface area contributed by atoms with E-state index >= 15 is 0 Å². The normalized spacial score (nSPS) is 22.2. The molecule has 2 heterocycles. The Morgan fingerprint density at radius 1 is 1.44 bits per heavy atom. The molecule has 1 aliphatic heterocycles. The van der Waals surface area contributed by atoms with Crippen LogP contribution in [0, 0.1) is 5.92 Å². The van der Waals surface area contributed by atoms with Gasteiger partial charge in [-0.05, 0) is 51.2 Å². The second-order valence-electron chi connectivity index (χ2n) is 4.69. The number of halogens is 2. The fourth-order valence-corrected chi connectivity index (χ4v) is 4.62. The minimum absolute atomic E-state index is 0.0633. The molecule has 0 N–H and O–H groups in total. The number of benzene rings is 1. The van der Waals surface area contributed by atoms with Gasteiger partial charge in [-0.1, -0.05) is 12.1 Å². The maximum absolute atomic E-state index is 6.67. The van der Waals surface area contributed by atoms with E-state index in [-0.39, 0.29) is 5.38 Å². The third kappa shape index (κ3) is 2.34. The third-order valence-electron chi connectivity index (χ3n) is 3.49. The van der Waals surface area contributed by atoms with Crippen LogP contribution in [0.5, 0.6) is 0 Å². The lowest BCUT2D eigenvalue weighted by atomic mass is 9.93. The molecule has 1 aromatic heterocycles. The van der Waals surface area contributed by atoms with Crippen LogP contribution >= 0.6 is 38.9 Å². The molecule has 4 heteroatoms. The van der Waals surface area contributed by atoms with Crippen molar-refractivity contribution in [2.45, 2.75) is 18.2 Å². The maximum atomic E-state index is 6.67. The summed E-state index contributed by atoms with van der Waals surface area (Å²) in [5.41, 5.74) is 1.26. The van der Waals surface area contributed by atoms with Crippen LogP contribution in [-0.4, -0.2) is 13.2 Å². The minimum Gasteiger partial charge on any atom is -0.381 e. The predicted octanol–water partition coefficient (Wildman–Crippen LogP) is 5.37. The highest BCUT2D eigenvalue weighted by atomic mass is 79.9. The zero-order valence-corrected chi connectivity index (χ0v) is 13.0. The zero-order chi connectivity index (χ0) is 12.5. The van der Waals surface area contributed by atoms with Gasteiger partial charge in [0.2, 0.25) is 0 Å². The third-order valence-corrected chi connectivity index (χ3v) is 6.05. The largest absolute Gasteiger partial charge is 0.381 e. The molecule has 1 aromatic carbocycles. The molecule has 96 valence electrons. The van der Waals surface area contributed by atoms with E-state index in [1.165, 1.54) is 22.1 Å². The quantitative estimate of drug-likeness (QED) is 0.665. The fraction of sp³-hybridized carbons (Fsp3) is 0.429. The first-order chi connectivity index (χ1) is 8.77. The summed E-state index contributed by atoms with van der Waals surface area (Å²) in [4.78, 5) is 0. The molecule has 1 aliphatic rings. The lowest BCUT2D eigenvalue weighted by Crippen LogP contribution is -2.21. The number of rotatable bonds is 2. The highest BCUT2D eigenvalue weighted by Gasteiger charge is 2.26. The zero-order valence-electron chi connectivity index (χ0n) is 9.86. The highest BCUT2D eigenvalue weighted by molar-refractivity contribution is 9.10. The molecule has 0 aliphatic carbocycles. The summed E-state index contributed by atoms with van der Waals surface area (Å²) in [7, 11) is 0. The highest BCUT2D eigenvalue weighted by Crippen LogP contribution is 2.42. The molecule has 2 unspecified atom stereocenters. The van der Waals surface area contributed by atoms with E-state index in [2.05, 4.69) is 39.5 Å². The summed E-state index contributed by atoms with van der Waals surface area (Å²) in [6, 6.07) is 6.31. The van der Waals surface area contributed by atoms with Gasteiger partial charge in [0.1, 0.15) is 0 Å². The van der Waals surface area contributed by atoms with Crippen molar-refractivity contribution in [1.29, 1.82) is 0 Å². The second-order valence-corrected chi connectivity index (χ2v) is 6.89. The van der Waals surface area contributed by atoms with Gasteiger partial charge in [0.15, 0.2) is 0 Å². The van der Waals surface area contributed by atoms with E-state index in [1.807, 2.05) is 0 Å². The lowest BCUT2D eigenvalue weighted by molar-refractivity contribution is 0.0533. The Balaban J connectivity index is 1.96. The summed E-state index contributed by atoms with van der Waals surface area (Å²) in [5.74, 6) is 0.442. The van der Waals surface area contributed by atoms with Crippen LogP contribution in [0.1, 0.15) is 23.8 Å². The molecule has 1 fully saturated rings. The number of hydrogen-bond donors (Lipinski definition) is 0. The van der Waals surface area contributed by atoms with Crippen LogP contribution in [0.25, 0.3) is 10.1 Å². The number of hydrogen-bond acceptors (Lipinski definition) is 2. The Labute approximate surface area is 124 Å². The molecule has 0 radical (unpaired) electrons. The van der Waals surface area contributed by atoms with Crippen LogP contribution < -0.4 is 0 Å². The van der Waals surface area contributed by atoms with E-state index in [4.69, 9.17) is 16.3 Å². The van der Waals surface area contributed by atoms with Crippen molar-refractivity contribution in [3.05, 3.63) is 33.6 Å². The fourth-order valence-electron chi connectivity index (χ4n) is 2.51. The van der Waals surface area contributed by atoms with Crippen molar-refractivity contribution in [2.24, 2.45) is 5.92 Å². The van der Waals surface area contributed by atoms with Crippen LogP contribution in [0.2, 0.25) is 0 Å². The Morgan fingerprint density at radius 3 is 3.11 bits per heavy atom. The van der Waals surface area contributed by atoms with E-state index < -0.39 is 0 Å². The van der Waals surface area contributed by atoms with E-state index in [0.717, 1.165) is 24.1 Å². The van der Waals surface area contributed by atoms with Crippen molar-refractivity contribution in [2.75, 3.05) is 13.2 Å². The van der Waals surface area contributed by atoms with Gasteiger partial charge >= 0.3 is 0 Å². The molecule has 0 spiro atoms. The molecule has 18 heavy (non-hydrogen) atoms. The van der Waals surface area contributed by atoms with E-state index in [1.54, 1.807) is 11.3 Å². The molecule has 0 bridgehead atoms. The minimum atomic E-state index is 0.0633. The number of thiophene rings is 1. The van der Waals surface area contributed by atoms with Gasteiger partial charge in [-0.15, -0.1) is 22.9 Å². The van der Waals surface area contributed by atoms with Gasteiger partial charge in [0.25, 0.3) is 0 Å². The van der Waals surface area contributed by atoms with E-state index in [9.17, 15) is 0 Å². The number of ether oxygens (including phenoxy) is 1. The standard InChI is InChI=1S/C14H14BrClOS/c15-12-5-1-4-10-11(8-18-14(10)12)13(16)9-3-2-6-17-7-9/h1,4-5,8-9,13H,2-3,6-7H2. The van der Waals surface area contributed by atoms with E-state index in [0.29, 0.717) is 5.92 Å². The molecule has 3 rings (SSSR count). The molecule has 1 saturated heterocycles. The average molecular weight is 346 g/mol. The summed E-state index contributed by atoms with van der Waals surface area (Å²) >= 11 is 12.0. The monoisotopic (exact) mass is 344 g/mol. The molecule has 2 aromatic rings. The first-order valence-corrected chi connectivity index (χ1v) is 8.25. The number of alkyl halides is 1. The lowest BCUT2D eigenvalue weighted by Gasteiger charge is -2.26. The van der Waals surface area contributed by atoms with Crippen molar-refractivity contribution >= 4 is 49.0 Å². The van der Waals surface area contributed by atoms with Crippen molar-refractivity contribution in [1.82, 2.24) is 0 Å². The Kier molecular flexibility index (Phi) is 3.94. The first kappa shape index (κ1) is 12.9. The number of fused-ring (bicyclic) bond motifs is 1. The molecular weight excluding hydrogens is 332 g/mol. The van der Waals surface area contributed by atoms with Gasteiger partial charge in [-0.3, -0.25) is 0 Å². The second kappa shape index (κ2) is 5.49. The van der Waals surface area contributed by atoms with Crippen molar-refractivity contribution < 1.29 is 4.74 Å². The topological polar surface area (TPSA) is 9.23 Å². The van der Waals surface area contributed by atoms with Gasteiger partial charge in [-0.2, -0.15) is 0 Å². The summed E-state index contributed by atoms with van der Waals surface area (Å²) in [5, 5.41) is 3.54. The smallest absolute Gasteiger partial charge is 0.0649 e. The predicted molar refractivity (Wildman–Crippen MR) is 81.7 cm³/mol. The van der Waals surface area contributed by atoms with Crippen LogP contribution in [-0.2, 0) is 4.74 Å². The Hall–Kier alpha value is -0.0900. The Bertz CT molecular complexity index is 548. The van der Waals surface area contributed by atoms with Crippen molar-refractivity contribution in [3.63, 3.8) is 0 Å². The van der Waals surface area contributed by atoms with Gasteiger partial charge in [0.05, 0.1) is 12.0 Å². The Morgan fingerprint density at radius 2 is 2.33 bits per heavy atom. The van der Waals surface area contributed by atoms with Crippen molar-refractivity contribution in [3.8, 4) is 0 Å². The van der Waals surface area contributed by atoms with Gasteiger partial charge < -0.3 is 4.74 Å². The molecule has 0 saturated carbocycles. The van der Waals surface area contributed by atoms with Crippen LogP contribution in [0.3, 0.4) is 0 Å². The molecule has 0 amide bonds. The van der Waals surface area contributed by atoms with Crippen LogP contribution in [0.15, 0.2) is 28.1 Å². The molecule has 2 atom stereocenters. The SMILES string of the molecule is ClC(c1csc2c(Br)cccc12)C1CCCOC1. The summed E-state index contributed by atoms with van der Waals surface area (Å²) in [6.45, 7) is 1.68. The van der Waals surface area contributed by atoms with Gasteiger partial charge in [0, 0.05) is 21.7 Å². The summed E-state index contributed by atoms with van der Waals surface area (Å²) < 4.78 is 7.99. The van der Waals surface area contributed by atoms with Gasteiger partial charge in [-0.25, -0.2) is 0 Å². The summed E-state index contributed by atoms with van der Waals surface area (Å²) in [6.07, 6.45) is 2.29. The maximum Gasteiger partial charge on any atom is 0.0649 e. The van der Waals surface area contributed by atoms with Crippen LogP contribution in [0.4, 0.5) is 0 Å². The average Bonchev–Trinajstić information content (AvgIpc) is 2.84.